The number of hydrogen-bond donors (Lipinski definition) is 0. The average Bonchev–Trinajstić information content (AvgIpc) is 2.42. The monoisotopic (exact) mass is 312 g/mol. The van der Waals surface area contributed by atoms with Gasteiger partial charge in [0, 0.05) is 0 Å². The lowest BCUT2D eigenvalue weighted by Crippen LogP contribution is -2.43. The van der Waals surface area contributed by atoms with Crippen molar-refractivity contribution in [1.29, 1.82) is 0 Å². The highest BCUT2D eigenvalue weighted by molar-refractivity contribution is 6.74. The van der Waals surface area contributed by atoms with Gasteiger partial charge in [0.05, 0.1) is 17.3 Å². The van der Waals surface area contributed by atoms with Crippen LogP contribution in [0.3, 0.4) is 0 Å². The van der Waals surface area contributed by atoms with Gasteiger partial charge < -0.3 is 13.7 Å². The van der Waals surface area contributed by atoms with Crippen molar-refractivity contribution in [2.75, 3.05) is 0 Å². The first-order chi connectivity index (χ1) is 9.18. The van der Waals surface area contributed by atoms with Gasteiger partial charge in [-0.25, -0.2) is 0 Å². The Kier molecular flexibility index (Phi) is 5.27. The Morgan fingerprint density at radius 3 is 1.86 bits per heavy atom. The van der Waals surface area contributed by atoms with Crippen LogP contribution in [0.15, 0.2) is 12.1 Å². The van der Waals surface area contributed by atoms with Crippen molar-refractivity contribution in [1.82, 2.24) is 0 Å². The summed E-state index contributed by atoms with van der Waals surface area (Å²) in [4.78, 5) is 0. The molecule has 1 saturated heterocycles. The molecule has 1 fully saturated rings. The molecule has 1 heterocycles. The summed E-state index contributed by atoms with van der Waals surface area (Å²) in [7, 11) is -2.03. The van der Waals surface area contributed by atoms with Gasteiger partial charge in [0.1, 0.15) is 0 Å². The van der Waals surface area contributed by atoms with Gasteiger partial charge in [-0.15, -0.1) is 0 Å². The van der Waals surface area contributed by atoms with Gasteiger partial charge in [0.2, 0.25) is 0 Å². The van der Waals surface area contributed by atoms with Crippen LogP contribution in [0.4, 0.5) is 0 Å². The summed E-state index contributed by atoms with van der Waals surface area (Å²) in [5.74, 6) is 1.98. The predicted octanol–water partition coefficient (Wildman–Crippen LogP) is 4.58. The molecule has 0 amide bonds. The summed E-state index contributed by atoms with van der Waals surface area (Å²) < 4.78 is 18.2. The average molecular weight is 312 g/mol. The van der Waals surface area contributed by atoms with Crippen LogP contribution < -0.4 is 0 Å². The molecule has 0 saturated carbocycles. The second-order valence-electron chi connectivity index (χ2n) is 8.59. The van der Waals surface area contributed by atoms with Crippen LogP contribution in [-0.2, 0) is 13.7 Å². The van der Waals surface area contributed by atoms with Gasteiger partial charge in [-0.3, -0.25) is 0 Å². The lowest BCUT2D eigenvalue weighted by molar-refractivity contribution is 0.00578. The zero-order valence-electron chi connectivity index (χ0n) is 15.5. The summed E-state index contributed by atoms with van der Waals surface area (Å²) in [5, 5.41) is 0.222. The van der Waals surface area contributed by atoms with E-state index in [1.54, 1.807) is 0 Å². The Hall–Kier alpha value is -0.0982. The van der Waals surface area contributed by atoms with E-state index in [4.69, 9.17) is 13.7 Å². The van der Waals surface area contributed by atoms with E-state index in [1.807, 2.05) is 5.98 Å². The van der Waals surface area contributed by atoms with E-state index in [0.717, 1.165) is 0 Å². The van der Waals surface area contributed by atoms with Crippen LogP contribution in [-0.4, -0.2) is 32.7 Å². The third kappa shape index (κ3) is 4.44. The van der Waals surface area contributed by atoms with Crippen LogP contribution >= 0.6 is 0 Å². The Balaban J connectivity index is 2.63. The molecule has 0 N–H and O–H groups in total. The summed E-state index contributed by atoms with van der Waals surface area (Å²) in [5.41, 5.74) is -0.572. The zero-order chi connectivity index (χ0) is 16.7. The van der Waals surface area contributed by atoms with Gasteiger partial charge in [0.25, 0.3) is 0 Å². The molecule has 0 aromatic carbocycles. The molecule has 1 rings (SSSR count). The first kappa shape index (κ1) is 18.9. The van der Waals surface area contributed by atoms with Crippen molar-refractivity contribution in [3.8, 4) is 0 Å². The largest absolute Gasteiger partial charge is 0.486 e. The van der Waals surface area contributed by atoms with Crippen molar-refractivity contribution in [3.05, 3.63) is 12.1 Å². The SMILES string of the molecule is CC(/C=C/B1OC(C)(C)C(C)(C)O1)O[Si](C)(C)C(C)(C)C. The summed E-state index contributed by atoms with van der Waals surface area (Å²) in [6.07, 6.45) is 2.13. The molecule has 5 heteroatoms. The van der Waals surface area contributed by atoms with Crippen molar-refractivity contribution in [2.24, 2.45) is 0 Å². The number of hydrogen-bond acceptors (Lipinski definition) is 3. The van der Waals surface area contributed by atoms with E-state index in [-0.39, 0.29) is 29.5 Å². The second kappa shape index (κ2) is 5.84. The van der Waals surface area contributed by atoms with Gasteiger partial charge in [-0.05, 0) is 52.8 Å². The van der Waals surface area contributed by atoms with Gasteiger partial charge in [-0.2, -0.15) is 0 Å². The first-order valence-electron chi connectivity index (χ1n) is 7.90. The molecule has 0 aromatic rings. The van der Waals surface area contributed by atoms with E-state index >= 15 is 0 Å². The second-order valence-corrected chi connectivity index (χ2v) is 13.3. The third-order valence-electron chi connectivity index (χ3n) is 5.10. The van der Waals surface area contributed by atoms with E-state index in [1.165, 1.54) is 0 Å². The fourth-order valence-corrected chi connectivity index (χ4v) is 3.26. The van der Waals surface area contributed by atoms with E-state index in [9.17, 15) is 0 Å². The van der Waals surface area contributed by atoms with E-state index in [2.05, 4.69) is 74.6 Å². The molecule has 21 heavy (non-hydrogen) atoms. The van der Waals surface area contributed by atoms with Crippen molar-refractivity contribution in [3.63, 3.8) is 0 Å². The Morgan fingerprint density at radius 1 is 1.05 bits per heavy atom. The van der Waals surface area contributed by atoms with Crippen LogP contribution in [0.2, 0.25) is 18.1 Å². The number of rotatable bonds is 4. The summed E-state index contributed by atoms with van der Waals surface area (Å²) >= 11 is 0. The molecule has 0 bridgehead atoms. The van der Waals surface area contributed by atoms with E-state index in [0.29, 0.717) is 0 Å². The molecule has 0 radical (unpaired) electrons. The summed E-state index contributed by atoms with van der Waals surface area (Å²) in [6.45, 7) is 21.7. The topological polar surface area (TPSA) is 27.7 Å². The minimum absolute atomic E-state index is 0.0740. The molecule has 1 unspecified atom stereocenters. The van der Waals surface area contributed by atoms with E-state index < -0.39 is 8.32 Å². The lowest BCUT2D eigenvalue weighted by Gasteiger charge is -2.37. The molecule has 0 aliphatic carbocycles. The van der Waals surface area contributed by atoms with Gasteiger partial charge in [-0.1, -0.05) is 32.8 Å². The van der Waals surface area contributed by atoms with Gasteiger partial charge >= 0.3 is 7.12 Å². The molecule has 3 nitrogen and oxygen atoms in total. The Bertz CT molecular complexity index is 381. The maximum atomic E-state index is 6.31. The van der Waals surface area contributed by atoms with Crippen LogP contribution in [0.1, 0.15) is 55.4 Å². The van der Waals surface area contributed by atoms with Crippen LogP contribution in [0.25, 0.3) is 0 Å². The minimum atomic E-state index is -1.73. The van der Waals surface area contributed by atoms with Crippen molar-refractivity contribution < 1.29 is 13.7 Å². The first-order valence-corrected chi connectivity index (χ1v) is 10.8. The Morgan fingerprint density at radius 2 is 1.48 bits per heavy atom. The maximum Gasteiger partial charge on any atom is 0.486 e. The highest BCUT2D eigenvalue weighted by atomic mass is 28.4. The van der Waals surface area contributed by atoms with Crippen molar-refractivity contribution >= 4 is 15.4 Å². The standard InChI is InChI=1S/C16H33BO3Si/c1-13(18-21(9,10)14(2,3)4)11-12-17-19-15(5,6)16(7,8)20-17/h11-13H,1-10H3/b12-11+. The molecule has 122 valence electrons. The lowest BCUT2D eigenvalue weighted by atomic mass is 9.89. The highest BCUT2D eigenvalue weighted by Gasteiger charge is 2.50. The molecule has 1 atom stereocenters. The predicted molar refractivity (Wildman–Crippen MR) is 93.0 cm³/mol. The third-order valence-corrected chi connectivity index (χ3v) is 9.67. The molecule has 0 aromatic heterocycles. The molecule has 0 spiro atoms. The molecular weight excluding hydrogens is 279 g/mol. The zero-order valence-corrected chi connectivity index (χ0v) is 16.5. The minimum Gasteiger partial charge on any atom is -0.411 e. The normalized spacial score (nSPS) is 23.8. The fraction of sp³-hybridized carbons (Fsp3) is 0.875. The quantitative estimate of drug-likeness (QED) is 0.711. The Labute approximate surface area is 132 Å². The maximum absolute atomic E-state index is 6.31. The summed E-state index contributed by atoms with van der Waals surface area (Å²) in [6, 6.07) is 0. The smallest absolute Gasteiger partial charge is 0.411 e. The van der Waals surface area contributed by atoms with Gasteiger partial charge in [0.15, 0.2) is 8.32 Å². The highest BCUT2D eigenvalue weighted by Crippen LogP contribution is 2.38. The fourth-order valence-electron chi connectivity index (χ4n) is 1.90. The van der Waals surface area contributed by atoms with Crippen molar-refractivity contribution in [2.45, 2.75) is 90.8 Å². The molecule has 1 aliphatic rings. The molecular formula is C16H33BO3Si. The van der Waals surface area contributed by atoms with Crippen LogP contribution in [0.5, 0.6) is 0 Å². The molecule has 1 aliphatic heterocycles. The van der Waals surface area contributed by atoms with Crippen LogP contribution in [0, 0.1) is 0 Å².